The zero-order valence-electron chi connectivity index (χ0n) is 17.1. The summed E-state index contributed by atoms with van der Waals surface area (Å²) < 4.78 is 11.7. The first-order valence-corrected chi connectivity index (χ1v) is 10.6. The number of anilines is 1. The molecule has 0 aliphatic carbocycles. The molecule has 2 aromatic carbocycles. The molecule has 0 saturated carbocycles. The summed E-state index contributed by atoms with van der Waals surface area (Å²) >= 11 is 3.46. The smallest absolute Gasteiger partial charge is 0.264 e. The first-order valence-electron chi connectivity index (χ1n) is 9.78. The van der Waals surface area contributed by atoms with Gasteiger partial charge in [0.1, 0.15) is 11.6 Å². The van der Waals surface area contributed by atoms with Crippen LogP contribution in [-0.2, 0) is 4.79 Å². The molecule has 0 atom stereocenters. The first-order chi connectivity index (χ1) is 14.6. The maximum atomic E-state index is 12.9. The number of carbonyl (C=O) groups is 1. The summed E-state index contributed by atoms with van der Waals surface area (Å²) in [6, 6.07) is 15.8. The average Bonchev–Trinajstić information content (AvgIpc) is 2.78. The Hall–Kier alpha value is -2.98. The molecule has 2 aromatic rings. The summed E-state index contributed by atoms with van der Waals surface area (Å²) in [5, 5.41) is 9.62. The molecular weight excluding hydrogens is 446 g/mol. The number of halogens is 1. The Morgan fingerprint density at radius 3 is 2.50 bits per heavy atom. The van der Waals surface area contributed by atoms with E-state index in [2.05, 4.69) is 39.0 Å². The number of methoxy groups -OCH3 is 1. The minimum atomic E-state index is -0.255. The van der Waals surface area contributed by atoms with E-state index in [9.17, 15) is 10.1 Å². The monoisotopic (exact) mass is 469 g/mol. The van der Waals surface area contributed by atoms with Crippen molar-refractivity contribution in [3.63, 3.8) is 0 Å². The Bertz CT molecular complexity index is 962. The molecule has 1 heterocycles. The number of rotatable bonds is 6. The van der Waals surface area contributed by atoms with Crippen molar-refractivity contribution < 1.29 is 14.3 Å². The lowest BCUT2D eigenvalue weighted by Gasteiger charge is -2.36. The van der Waals surface area contributed by atoms with Gasteiger partial charge >= 0.3 is 0 Å². The van der Waals surface area contributed by atoms with Crippen LogP contribution in [0, 0.1) is 11.3 Å². The van der Waals surface area contributed by atoms with Crippen molar-refractivity contribution in [3.8, 4) is 17.6 Å². The predicted octanol–water partition coefficient (Wildman–Crippen LogP) is 4.11. The molecule has 3 rings (SSSR count). The van der Waals surface area contributed by atoms with E-state index in [1.807, 2.05) is 25.1 Å². The van der Waals surface area contributed by atoms with Crippen molar-refractivity contribution in [2.24, 2.45) is 0 Å². The third-order valence-electron chi connectivity index (χ3n) is 4.89. The number of amides is 1. The van der Waals surface area contributed by atoms with Crippen LogP contribution in [0.3, 0.4) is 0 Å². The van der Waals surface area contributed by atoms with Gasteiger partial charge in [-0.05, 0) is 58.8 Å². The van der Waals surface area contributed by atoms with E-state index in [-0.39, 0.29) is 11.5 Å². The SMILES string of the molecule is CCOc1cc(/C=C(/C#N)C(=O)N2CCN(c3ccccc3)CC2)cc(Br)c1OC. The highest BCUT2D eigenvalue weighted by Crippen LogP contribution is 2.37. The van der Waals surface area contributed by atoms with Crippen LogP contribution < -0.4 is 14.4 Å². The number of ether oxygens (including phenoxy) is 2. The number of nitrogens with zero attached hydrogens (tertiary/aromatic N) is 3. The predicted molar refractivity (Wildman–Crippen MR) is 121 cm³/mol. The van der Waals surface area contributed by atoms with E-state index >= 15 is 0 Å². The zero-order valence-corrected chi connectivity index (χ0v) is 18.7. The van der Waals surface area contributed by atoms with Crippen molar-refractivity contribution in [3.05, 3.63) is 58.1 Å². The van der Waals surface area contributed by atoms with E-state index in [1.165, 1.54) is 0 Å². The number of carbonyl (C=O) groups excluding carboxylic acids is 1. The van der Waals surface area contributed by atoms with Gasteiger partial charge in [0.2, 0.25) is 0 Å². The van der Waals surface area contributed by atoms with Gasteiger partial charge in [-0.15, -0.1) is 0 Å². The lowest BCUT2D eigenvalue weighted by atomic mass is 10.1. The fourth-order valence-corrected chi connectivity index (χ4v) is 4.04. The van der Waals surface area contributed by atoms with Crippen molar-refractivity contribution >= 4 is 33.6 Å². The minimum absolute atomic E-state index is 0.0997. The molecule has 156 valence electrons. The van der Waals surface area contributed by atoms with E-state index < -0.39 is 0 Å². The third kappa shape index (κ3) is 4.95. The molecule has 0 spiro atoms. The van der Waals surface area contributed by atoms with Crippen LogP contribution in [0.1, 0.15) is 12.5 Å². The molecule has 1 amide bonds. The first kappa shape index (κ1) is 21.7. The van der Waals surface area contributed by atoms with Crippen LogP contribution in [0.25, 0.3) is 6.08 Å². The highest BCUT2D eigenvalue weighted by Gasteiger charge is 2.24. The number of piperazine rings is 1. The van der Waals surface area contributed by atoms with Gasteiger partial charge < -0.3 is 19.3 Å². The van der Waals surface area contributed by atoms with Gasteiger partial charge in [0, 0.05) is 31.9 Å². The normalized spacial score (nSPS) is 14.3. The summed E-state index contributed by atoms with van der Waals surface area (Å²) in [6.07, 6.45) is 1.60. The number of hydrogen-bond donors (Lipinski definition) is 0. The van der Waals surface area contributed by atoms with Gasteiger partial charge in [-0.2, -0.15) is 5.26 Å². The van der Waals surface area contributed by atoms with Crippen LogP contribution in [0.5, 0.6) is 11.5 Å². The van der Waals surface area contributed by atoms with Gasteiger partial charge in [0.25, 0.3) is 5.91 Å². The van der Waals surface area contributed by atoms with Crippen molar-refractivity contribution in [2.75, 3.05) is 44.8 Å². The second kappa shape index (κ2) is 10.2. The van der Waals surface area contributed by atoms with Gasteiger partial charge in [-0.1, -0.05) is 18.2 Å². The van der Waals surface area contributed by atoms with Gasteiger partial charge in [0.05, 0.1) is 18.2 Å². The fourth-order valence-electron chi connectivity index (χ4n) is 3.42. The van der Waals surface area contributed by atoms with Crippen LogP contribution in [0.2, 0.25) is 0 Å². The molecule has 0 radical (unpaired) electrons. The number of hydrogen-bond acceptors (Lipinski definition) is 5. The second-order valence-corrected chi connectivity index (χ2v) is 7.61. The van der Waals surface area contributed by atoms with Crippen LogP contribution in [0.15, 0.2) is 52.5 Å². The Balaban J connectivity index is 1.75. The Kier molecular flexibility index (Phi) is 7.36. The highest BCUT2D eigenvalue weighted by molar-refractivity contribution is 9.10. The molecule has 0 bridgehead atoms. The maximum absolute atomic E-state index is 12.9. The second-order valence-electron chi connectivity index (χ2n) is 6.75. The molecule has 1 aliphatic heterocycles. The Morgan fingerprint density at radius 1 is 1.20 bits per heavy atom. The molecule has 0 aromatic heterocycles. The van der Waals surface area contributed by atoms with Crippen LogP contribution in [-0.4, -0.2) is 50.7 Å². The van der Waals surface area contributed by atoms with E-state index in [0.29, 0.717) is 41.2 Å². The Morgan fingerprint density at radius 2 is 1.90 bits per heavy atom. The molecular formula is C23H24BrN3O3. The van der Waals surface area contributed by atoms with E-state index in [4.69, 9.17) is 9.47 Å². The fraction of sp³-hybridized carbons (Fsp3) is 0.304. The quantitative estimate of drug-likeness (QED) is 0.470. The number of benzene rings is 2. The molecule has 1 fully saturated rings. The molecule has 1 aliphatic rings. The third-order valence-corrected chi connectivity index (χ3v) is 5.47. The topological polar surface area (TPSA) is 65.8 Å². The summed E-state index contributed by atoms with van der Waals surface area (Å²) in [6.45, 7) is 4.97. The number of para-hydroxylation sites is 1. The van der Waals surface area contributed by atoms with E-state index in [1.54, 1.807) is 30.2 Å². The molecule has 6 nitrogen and oxygen atoms in total. The van der Waals surface area contributed by atoms with Gasteiger partial charge in [-0.3, -0.25) is 4.79 Å². The summed E-state index contributed by atoms with van der Waals surface area (Å²) in [4.78, 5) is 16.9. The van der Waals surface area contributed by atoms with E-state index in [0.717, 1.165) is 18.8 Å². The van der Waals surface area contributed by atoms with Gasteiger partial charge in [-0.25, -0.2) is 0 Å². The summed E-state index contributed by atoms with van der Waals surface area (Å²) in [5.41, 5.74) is 1.94. The lowest BCUT2D eigenvalue weighted by molar-refractivity contribution is -0.126. The van der Waals surface area contributed by atoms with Crippen molar-refractivity contribution in [1.29, 1.82) is 5.26 Å². The lowest BCUT2D eigenvalue weighted by Crippen LogP contribution is -2.49. The zero-order chi connectivity index (χ0) is 21.5. The molecule has 7 heteroatoms. The summed E-state index contributed by atoms with van der Waals surface area (Å²) in [7, 11) is 1.57. The maximum Gasteiger partial charge on any atom is 0.264 e. The molecule has 0 unspecified atom stereocenters. The average molecular weight is 470 g/mol. The highest BCUT2D eigenvalue weighted by atomic mass is 79.9. The summed E-state index contributed by atoms with van der Waals surface area (Å²) in [5.74, 6) is 0.882. The molecule has 0 N–H and O–H groups in total. The van der Waals surface area contributed by atoms with Crippen LogP contribution in [0.4, 0.5) is 5.69 Å². The minimum Gasteiger partial charge on any atom is -0.492 e. The molecule has 1 saturated heterocycles. The largest absolute Gasteiger partial charge is 0.492 e. The van der Waals surface area contributed by atoms with Gasteiger partial charge in [0.15, 0.2) is 11.5 Å². The standard InChI is InChI=1S/C23H24BrN3O3/c1-3-30-21-15-17(14-20(24)22(21)29-2)13-18(16-25)23(28)27-11-9-26(10-12-27)19-7-5-4-6-8-19/h4-8,13-15H,3,9-12H2,1-2H3/b18-13-. The van der Waals surface area contributed by atoms with Crippen LogP contribution >= 0.6 is 15.9 Å². The molecule has 30 heavy (non-hydrogen) atoms. The van der Waals surface area contributed by atoms with Crippen molar-refractivity contribution in [1.82, 2.24) is 4.90 Å². The van der Waals surface area contributed by atoms with Crippen molar-refractivity contribution in [2.45, 2.75) is 6.92 Å². The number of nitriles is 1. The Labute approximate surface area is 185 Å².